The van der Waals surface area contributed by atoms with Gasteiger partial charge >= 0.3 is 0 Å². The molecule has 0 aromatic rings. The van der Waals surface area contributed by atoms with Crippen molar-refractivity contribution in [2.24, 2.45) is 0 Å². The van der Waals surface area contributed by atoms with E-state index in [1.807, 2.05) is 13.8 Å². The molecule has 0 saturated carbocycles. The van der Waals surface area contributed by atoms with Crippen LogP contribution in [0.5, 0.6) is 0 Å². The third-order valence-corrected chi connectivity index (χ3v) is 4.00. The van der Waals surface area contributed by atoms with Gasteiger partial charge in [-0.05, 0) is 53.4 Å². The van der Waals surface area contributed by atoms with Crippen molar-refractivity contribution in [2.75, 3.05) is 6.61 Å². The number of hydrogen-bond acceptors (Lipinski definition) is 4. The van der Waals surface area contributed by atoms with Crippen LogP contribution in [-0.2, 0) is 4.74 Å². The van der Waals surface area contributed by atoms with Crippen LogP contribution in [0.4, 0.5) is 0 Å². The minimum absolute atomic E-state index is 0.229. The second-order valence-electron chi connectivity index (χ2n) is 6.37. The van der Waals surface area contributed by atoms with E-state index >= 15 is 0 Å². The predicted molar refractivity (Wildman–Crippen MR) is 74.9 cm³/mol. The third-order valence-electron chi connectivity index (χ3n) is 4.00. The summed E-state index contributed by atoms with van der Waals surface area (Å²) >= 11 is 0. The maximum atomic E-state index is 10.5. The largest absolute Gasteiger partial charge is 0.394 e. The zero-order chi connectivity index (χ0) is 14.7. The molecule has 0 spiro atoms. The molecule has 1 aliphatic heterocycles. The van der Waals surface area contributed by atoms with Crippen molar-refractivity contribution in [3.8, 4) is 0 Å². The van der Waals surface area contributed by atoms with Gasteiger partial charge in [-0.3, -0.25) is 0 Å². The van der Waals surface area contributed by atoms with Gasteiger partial charge in [0.15, 0.2) is 0 Å². The summed E-state index contributed by atoms with van der Waals surface area (Å²) in [7, 11) is 0. The van der Waals surface area contributed by atoms with Crippen molar-refractivity contribution < 1.29 is 20.1 Å². The Bertz CT molecular complexity index is 316. The van der Waals surface area contributed by atoms with Crippen LogP contribution in [-0.4, -0.2) is 45.3 Å². The normalized spacial score (nSPS) is 34.7. The van der Waals surface area contributed by atoms with Crippen LogP contribution in [0.3, 0.4) is 0 Å². The second kappa shape index (κ2) is 6.35. The van der Waals surface area contributed by atoms with Crippen LogP contribution in [0.2, 0.25) is 0 Å². The molecule has 112 valence electrons. The molecule has 4 heteroatoms. The fourth-order valence-corrected chi connectivity index (χ4v) is 2.51. The highest BCUT2D eigenvalue weighted by atomic mass is 16.5. The molecule has 0 amide bonds. The Balaban J connectivity index is 2.62. The lowest BCUT2D eigenvalue weighted by molar-refractivity contribution is -0.223. The number of aliphatic hydroxyl groups excluding tert-OH is 1. The molecule has 19 heavy (non-hydrogen) atoms. The van der Waals surface area contributed by atoms with Gasteiger partial charge in [0, 0.05) is 0 Å². The van der Waals surface area contributed by atoms with Crippen molar-refractivity contribution in [2.45, 2.75) is 76.8 Å². The van der Waals surface area contributed by atoms with Gasteiger partial charge < -0.3 is 20.1 Å². The Kier molecular flexibility index (Phi) is 5.56. The molecule has 1 saturated heterocycles. The monoisotopic (exact) mass is 272 g/mol. The van der Waals surface area contributed by atoms with E-state index in [-0.39, 0.29) is 12.7 Å². The molecule has 4 nitrogen and oxygen atoms in total. The highest BCUT2D eigenvalue weighted by Crippen LogP contribution is 2.34. The summed E-state index contributed by atoms with van der Waals surface area (Å²) in [6.07, 6.45) is 3.68. The molecule has 1 fully saturated rings. The van der Waals surface area contributed by atoms with Gasteiger partial charge in [0.1, 0.15) is 6.10 Å². The summed E-state index contributed by atoms with van der Waals surface area (Å²) in [5, 5.41) is 29.9. The molecular formula is C15H28O4. The molecule has 4 atom stereocenters. The molecule has 0 radical (unpaired) electrons. The number of ether oxygens (including phenoxy) is 1. The number of allylic oxidation sites excluding steroid dienone is 2. The Morgan fingerprint density at radius 1 is 1.47 bits per heavy atom. The Hall–Kier alpha value is -0.420. The SMILES string of the molecule is CC(C)=CCCC(C)(O)C1CCC(C)(O)C(CO)O1. The maximum Gasteiger partial charge on any atom is 0.109 e. The van der Waals surface area contributed by atoms with Crippen molar-refractivity contribution in [1.29, 1.82) is 0 Å². The number of rotatable bonds is 5. The lowest BCUT2D eigenvalue weighted by Crippen LogP contribution is -2.55. The van der Waals surface area contributed by atoms with Crippen LogP contribution in [0.15, 0.2) is 11.6 Å². The first kappa shape index (κ1) is 16.6. The molecule has 4 unspecified atom stereocenters. The first-order chi connectivity index (χ1) is 8.69. The Morgan fingerprint density at radius 2 is 2.11 bits per heavy atom. The average molecular weight is 272 g/mol. The first-order valence-corrected chi connectivity index (χ1v) is 7.03. The molecule has 1 aliphatic rings. The lowest BCUT2D eigenvalue weighted by Gasteiger charge is -2.44. The molecule has 0 aromatic carbocycles. The summed E-state index contributed by atoms with van der Waals surface area (Å²) in [6.45, 7) is 7.27. The van der Waals surface area contributed by atoms with Gasteiger partial charge in [-0.15, -0.1) is 0 Å². The van der Waals surface area contributed by atoms with Crippen molar-refractivity contribution in [1.82, 2.24) is 0 Å². The van der Waals surface area contributed by atoms with Gasteiger partial charge in [0.2, 0.25) is 0 Å². The van der Waals surface area contributed by atoms with E-state index in [9.17, 15) is 15.3 Å². The van der Waals surface area contributed by atoms with Gasteiger partial charge in [0.25, 0.3) is 0 Å². The maximum absolute atomic E-state index is 10.5. The Labute approximate surface area is 116 Å². The van der Waals surface area contributed by atoms with E-state index in [0.29, 0.717) is 19.3 Å². The molecule has 3 N–H and O–H groups in total. The first-order valence-electron chi connectivity index (χ1n) is 7.03. The average Bonchev–Trinajstić information content (AvgIpc) is 2.27. The van der Waals surface area contributed by atoms with E-state index in [1.165, 1.54) is 5.57 Å². The topological polar surface area (TPSA) is 69.9 Å². The van der Waals surface area contributed by atoms with E-state index in [2.05, 4.69) is 6.08 Å². The summed E-state index contributed by atoms with van der Waals surface area (Å²) in [5.74, 6) is 0. The minimum Gasteiger partial charge on any atom is -0.394 e. The third kappa shape index (κ3) is 4.56. The number of aliphatic hydroxyl groups is 3. The standard InChI is InChI=1S/C15H28O4/c1-11(2)6-5-8-14(3,17)12-7-9-15(4,18)13(10-16)19-12/h6,12-13,16-18H,5,7-10H2,1-4H3. The molecule has 1 heterocycles. The van der Waals surface area contributed by atoms with E-state index in [4.69, 9.17) is 4.74 Å². The number of hydrogen-bond donors (Lipinski definition) is 3. The van der Waals surface area contributed by atoms with E-state index in [1.54, 1.807) is 13.8 Å². The summed E-state index contributed by atoms with van der Waals surface area (Å²) in [6, 6.07) is 0. The molecule has 1 rings (SSSR count). The van der Waals surface area contributed by atoms with Gasteiger partial charge in [-0.25, -0.2) is 0 Å². The Morgan fingerprint density at radius 3 is 2.63 bits per heavy atom. The fraction of sp³-hybridized carbons (Fsp3) is 0.867. The van der Waals surface area contributed by atoms with Crippen LogP contribution >= 0.6 is 0 Å². The van der Waals surface area contributed by atoms with Crippen LogP contribution in [0, 0.1) is 0 Å². The zero-order valence-corrected chi connectivity index (χ0v) is 12.5. The molecular weight excluding hydrogens is 244 g/mol. The van der Waals surface area contributed by atoms with Gasteiger partial charge in [-0.1, -0.05) is 11.6 Å². The highest BCUT2D eigenvalue weighted by Gasteiger charge is 2.44. The van der Waals surface area contributed by atoms with Crippen molar-refractivity contribution in [3.05, 3.63) is 11.6 Å². The smallest absolute Gasteiger partial charge is 0.109 e. The van der Waals surface area contributed by atoms with Crippen LogP contribution < -0.4 is 0 Å². The fourth-order valence-electron chi connectivity index (χ4n) is 2.51. The lowest BCUT2D eigenvalue weighted by atomic mass is 9.82. The summed E-state index contributed by atoms with van der Waals surface area (Å²) in [5.41, 5.74) is -0.714. The minimum atomic E-state index is -1.01. The van der Waals surface area contributed by atoms with Crippen LogP contribution in [0.1, 0.15) is 53.4 Å². The van der Waals surface area contributed by atoms with E-state index in [0.717, 1.165) is 6.42 Å². The van der Waals surface area contributed by atoms with E-state index < -0.39 is 17.3 Å². The van der Waals surface area contributed by atoms with Gasteiger partial charge in [-0.2, -0.15) is 0 Å². The van der Waals surface area contributed by atoms with Gasteiger partial charge in [0.05, 0.1) is 23.9 Å². The summed E-state index contributed by atoms with van der Waals surface area (Å²) in [4.78, 5) is 0. The predicted octanol–water partition coefficient (Wildman–Crippen LogP) is 1.77. The van der Waals surface area contributed by atoms with Crippen LogP contribution in [0.25, 0.3) is 0 Å². The molecule has 0 aromatic heterocycles. The highest BCUT2D eigenvalue weighted by molar-refractivity contribution is 4.98. The summed E-state index contributed by atoms with van der Waals surface area (Å²) < 4.78 is 5.70. The van der Waals surface area contributed by atoms with Crippen molar-refractivity contribution >= 4 is 0 Å². The zero-order valence-electron chi connectivity index (χ0n) is 12.5. The van der Waals surface area contributed by atoms with Crippen molar-refractivity contribution in [3.63, 3.8) is 0 Å². The molecule has 0 aliphatic carbocycles. The second-order valence-corrected chi connectivity index (χ2v) is 6.37. The quantitative estimate of drug-likeness (QED) is 0.667. The molecule has 0 bridgehead atoms.